The molecule has 3 aromatic rings. The van der Waals surface area contributed by atoms with E-state index in [4.69, 9.17) is 0 Å². The van der Waals surface area contributed by atoms with Gasteiger partial charge < -0.3 is 10.6 Å². The van der Waals surface area contributed by atoms with Crippen molar-refractivity contribution in [3.05, 3.63) is 60.9 Å². The zero-order chi connectivity index (χ0) is 16.1. The van der Waals surface area contributed by atoms with Crippen molar-refractivity contribution >= 4 is 17.4 Å². The molecule has 2 heterocycles. The lowest BCUT2D eigenvalue weighted by molar-refractivity contribution is 0.262. The second kappa shape index (κ2) is 6.69. The number of para-hydroxylation sites is 1. The molecule has 7 nitrogen and oxygen atoms in total. The summed E-state index contributed by atoms with van der Waals surface area (Å²) in [6.07, 6.45) is 8.95. The van der Waals surface area contributed by atoms with E-state index in [2.05, 4.69) is 25.6 Å². The molecule has 0 fully saturated rings. The fraction of sp³-hybridized carbons (Fsp3) is 0.125. The molecule has 2 N–H and O–H groups in total. The van der Waals surface area contributed by atoms with Gasteiger partial charge in [0, 0.05) is 18.1 Å². The molecule has 0 radical (unpaired) electrons. The molecule has 0 unspecified atom stereocenters. The van der Waals surface area contributed by atoms with E-state index in [1.165, 1.54) is 0 Å². The van der Waals surface area contributed by atoms with Gasteiger partial charge in [-0.1, -0.05) is 25.1 Å². The van der Waals surface area contributed by atoms with Gasteiger partial charge in [0.1, 0.15) is 6.33 Å². The molecule has 2 amide bonds. The number of imidazole rings is 1. The normalized spacial score (nSPS) is 10.3. The first-order valence-corrected chi connectivity index (χ1v) is 7.22. The van der Waals surface area contributed by atoms with Gasteiger partial charge in [-0.25, -0.2) is 19.7 Å². The molecule has 3 rings (SSSR count). The molecule has 7 heteroatoms. The lowest BCUT2D eigenvalue weighted by atomic mass is 10.1. The maximum absolute atomic E-state index is 12.1. The molecule has 1 aromatic carbocycles. The van der Waals surface area contributed by atoms with E-state index < -0.39 is 0 Å². The SMILES string of the molecule is CCc1ccccc1NC(=O)Nc1cnc(-n2ccnc2)nc1. The first-order chi connectivity index (χ1) is 11.3. The first kappa shape index (κ1) is 14.7. The monoisotopic (exact) mass is 308 g/mol. The second-order valence-corrected chi connectivity index (χ2v) is 4.83. The minimum Gasteiger partial charge on any atom is -0.307 e. The highest BCUT2D eigenvalue weighted by Crippen LogP contribution is 2.16. The molecule has 0 saturated heterocycles. The topological polar surface area (TPSA) is 84.7 Å². The van der Waals surface area contributed by atoms with Crippen molar-refractivity contribution in [3.63, 3.8) is 0 Å². The summed E-state index contributed by atoms with van der Waals surface area (Å²) in [6.45, 7) is 2.04. The third-order valence-electron chi connectivity index (χ3n) is 3.28. The molecule has 116 valence electrons. The van der Waals surface area contributed by atoms with Crippen LogP contribution in [0.25, 0.3) is 5.95 Å². The molecule has 0 bridgehead atoms. The highest BCUT2D eigenvalue weighted by atomic mass is 16.2. The predicted octanol–water partition coefficient (Wildman–Crippen LogP) is 2.87. The maximum Gasteiger partial charge on any atom is 0.323 e. The Morgan fingerprint density at radius 3 is 2.65 bits per heavy atom. The van der Waals surface area contributed by atoms with E-state index in [9.17, 15) is 4.79 Å². The minimum absolute atomic E-state index is 0.329. The number of carbonyl (C=O) groups excluding carboxylic acids is 1. The standard InChI is InChI=1S/C16H16N6O/c1-2-12-5-3-4-6-14(12)21-16(23)20-13-9-18-15(19-10-13)22-8-7-17-11-22/h3-11H,2H2,1H3,(H2,20,21,23). The highest BCUT2D eigenvalue weighted by molar-refractivity contribution is 6.00. The van der Waals surface area contributed by atoms with Crippen LogP contribution in [0.3, 0.4) is 0 Å². The number of hydrogen-bond acceptors (Lipinski definition) is 4. The summed E-state index contributed by atoms with van der Waals surface area (Å²) in [5.41, 5.74) is 2.39. The van der Waals surface area contributed by atoms with Crippen LogP contribution < -0.4 is 10.6 Å². The number of benzene rings is 1. The molecule has 0 atom stereocenters. The molecule has 2 aromatic heterocycles. The number of nitrogens with zero attached hydrogens (tertiary/aromatic N) is 4. The second-order valence-electron chi connectivity index (χ2n) is 4.83. The van der Waals surface area contributed by atoms with Crippen molar-refractivity contribution in [2.45, 2.75) is 13.3 Å². The summed E-state index contributed by atoms with van der Waals surface area (Å²) in [5, 5.41) is 5.55. The number of amides is 2. The van der Waals surface area contributed by atoms with Crippen molar-refractivity contribution in [1.82, 2.24) is 19.5 Å². The Labute approximate surface area is 133 Å². The van der Waals surface area contributed by atoms with Crippen LogP contribution in [0.1, 0.15) is 12.5 Å². The van der Waals surface area contributed by atoms with Gasteiger partial charge in [-0.15, -0.1) is 0 Å². The van der Waals surface area contributed by atoms with Crippen LogP contribution >= 0.6 is 0 Å². The van der Waals surface area contributed by atoms with Crippen LogP contribution in [0, 0.1) is 0 Å². The largest absolute Gasteiger partial charge is 0.323 e. The quantitative estimate of drug-likeness (QED) is 0.776. The summed E-state index contributed by atoms with van der Waals surface area (Å²) >= 11 is 0. The zero-order valence-electron chi connectivity index (χ0n) is 12.6. The maximum atomic E-state index is 12.1. The van der Waals surface area contributed by atoms with Gasteiger partial charge in [-0.3, -0.25) is 4.57 Å². The lowest BCUT2D eigenvalue weighted by Gasteiger charge is -2.10. The number of anilines is 2. The Balaban J connectivity index is 1.66. The summed E-state index contributed by atoms with van der Waals surface area (Å²) in [7, 11) is 0. The Kier molecular flexibility index (Phi) is 4.28. The van der Waals surface area contributed by atoms with E-state index in [-0.39, 0.29) is 6.03 Å². The van der Waals surface area contributed by atoms with E-state index in [1.54, 1.807) is 35.7 Å². The highest BCUT2D eigenvalue weighted by Gasteiger charge is 2.07. The van der Waals surface area contributed by atoms with Crippen LogP contribution in [-0.2, 0) is 6.42 Å². The molecule has 0 aliphatic heterocycles. The molecule has 0 aliphatic carbocycles. The first-order valence-electron chi connectivity index (χ1n) is 7.22. The van der Waals surface area contributed by atoms with Crippen LogP contribution in [0.4, 0.5) is 16.2 Å². The minimum atomic E-state index is -0.329. The third-order valence-corrected chi connectivity index (χ3v) is 3.28. The number of aryl methyl sites for hydroxylation is 1. The van der Waals surface area contributed by atoms with Gasteiger partial charge >= 0.3 is 6.03 Å². The fourth-order valence-corrected chi connectivity index (χ4v) is 2.13. The van der Waals surface area contributed by atoms with Gasteiger partial charge in [0.2, 0.25) is 5.95 Å². The predicted molar refractivity (Wildman–Crippen MR) is 87.6 cm³/mol. The number of hydrogen-bond donors (Lipinski definition) is 2. The third kappa shape index (κ3) is 3.52. The zero-order valence-corrected chi connectivity index (χ0v) is 12.6. The van der Waals surface area contributed by atoms with Crippen molar-refractivity contribution in [2.24, 2.45) is 0 Å². The van der Waals surface area contributed by atoms with Crippen molar-refractivity contribution in [1.29, 1.82) is 0 Å². The fourth-order valence-electron chi connectivity index (χ4n) is 2.13. The lowest BCUT2D eigenvalue weighted by Crippen LogP contribution is -2.20. The van der Waals surface area contributed by atoms with Crippen LogP contribution in [0.15, 0.2) is 55.4 Å². The van der Waals surface area contributed by atoms with Gasteiger partial charge in [0.05, 0.1) is 18.1 Å². The van der Waals surface area contributed by atoms with Gasteiger partial charge in [0.25, 0.3) is 0 Å². The summed E-state index contributed by atoms with van der Waals surface area (Å²) in [5.74, 6) is 0.491. The number of urea groups is 1. The van der Waals surface area contributed by atoms with Crippen LogP contribution in [0.5, 0.6) is 0 Å². The van der Waals surface area contributed by atoms with Crippen LogP contribution in [0.2, 0.25) is 0 Å². The molecule has 23 heavy (non-hydrogen) atoms. The van der Waals surface area contributed by atoms with E-state index in [1.807, 2.05) is 31.2 Å². The van der Waals surface area contributed by atoms with E-state index >= 15 is 0 Å². The van der Waals surface area contributed by atoms with Crippen LogP contribution in [-0.4, -0.2) is 25.6 Å². The Morgan fingerprint density at radius 1 is 1.17 bits per heavy atom. The van der Waals surface area contributed by atoms with Gasteiger partial charge in [-0.05, 0) is 18.1 Å². The number of carbonyl (C=O) groups is 1. The molecule has 0 spiro atoms. The average molecular weight is 308 g/mol. The van der Waals surface area contributed by atoms with Crippen molar-refractivity contribution in [3.8, 4) is 5.95 Å². The van der Waals surface area contributed by atoms with E-state index in [0.29, 0.717) is 11.6 Å². The average Bonchev–Trinajstić information content (AvgIpc) is 3.10. The summed E-state index contributed by atoms with van der Waals surface area (Å²) in [6, 6.07) is 7.36. The molecule has 0 saturated carbocycles. The summed E-state index contributed by atoms with van der Waals surface area (Å²) in [4.78, 5) is 24.4. The number of nitrogens with one attached hydrogen (secondary N) is 2. The van der Waals surface area contributed by atoms with E-state index in [0.717, 1.165) is 17.7 Å². The Hall–Kier alpha value is -3.22. The smallest absolute Gasteiger partial charge is 0.307 e. The Morgan fingerprint density at radius 2 is 1.96 bits per heavy atom. The molecule has 0 aliphatic rings. The van der Waals surface area contributed by atoms with Gasteiger partial charge in [-0.2, -0.15) is 0 Å². The Bertz CT molecular complexity index is 783. The number of rotatable bonds is 4. The van der Waals surface area contributed by atoms with Crippen molar-refractivity contribution in [2.75, 3.05) is 10.6 Å². The summed E-state index contributed by atoms with van der Waals surface area (Å²) < 4.78 is 1.68. The molecular weight excluding hydrogens is 292 g/mol. The van der Waals surface area contributed by atoms with Crippen molar-refractivity contribution < 1.29 is 4.79 Å². The van der Waals surface area contributed by atoms with Gasteiger partial charge in [0.15, 0.2) is 0 Å². The molecular formula is C16H16N6O. The number of aromatic nitrogens is 4.